The van der Waals surface area contributed by atoms with Crippen LogP contribution in [0.5, 0.6) is 0 Å². The highest BCUT2D eigenvalue weighted by Crippen LogP contribution is 2.39. The smallest absolute Gasteiger partial charge is 0.255 e. The summed E-state index contributed by atoms with van der Waals surface area (Å²) >= 11 is 0. The Morgan fingerprint density at radius 2 is 2.10 bits per heavy atom. The van der Waals surface area contributed by atoms with Crippen LogP contribution in [0.15, 0.2) is 18.3 Å². The monoisotopic (exact) mass is 276 g/mol. The number of rotatable bonds is 1. The number of halogens is 1. The van der Waals surface area contributed by atoms with Crippen molar-refractivity contribution in [2.75, 3.05) is 6.54 Å². The Morgan fingerprint density at radius 1 is 1.30 bits per heavy atom. The minimum Gasteiger partial charge on any atom is -0.335 e. The summed E-state index contributed by atoms with van der Waals surface area (Å²) in [7, 11) is 0. The summed E-state index contributed by atoms with van der Waals surface area (Å²) in [6, 6.07) is 3.17. The molecule has 3 nitrogen and oxygen atoms in total. The molecule has 0 N–H and O–H groups in total. The second kappa shape index (κ2) is 5.51. The van der Waals surface area contributed by atoms with Gasteiger partial charge >= 0.3 is 0 Å². The van der Waals surface area contributed by atoms with Crippen LogP contribution in [-0.2, 0) is 0 Å². The third-order valence-corrected chi connectivity index (χ3v) is 4.97. The van der Waals surface area contributed by atoms with Crippen LogP contribution in [0.4, 0.5) is 4.39 Å². The molecule has 1 amide bonds. The summed E-state index contributed by atoms with van der Waals surface area (Å²) in [6.07, 6.45) is 7.26. The number of fused-ring (bicyclic) bond motifs is 1. The van der Waals surface area contributed by atoms with Gasteiger partial charge in [0.25, 0.3) is 5.91 Å². The van der Waals surface area contributed by atoms with E-state index in [0.717, 1.165) is 19.4 Å². The molecule has 1 aliphatic carbocycles. The van der Waals surface area contributed by atoms with E-state index in [-0.39, 0.29) is 5.91 Å². The van der Waals surface area contributed by atoms with Crippen molar-refractivity contribution in [2.24, 2.45) is 11.8 Å². The summed E-state index contributed by atoms with van der Waals surface area (Å²) in [5.41, 5.74) is 0.505. The zero-order valence-corrected chi connectivity index (χ0v) is 11.9. The zero-order valence-electron chi connectivity index (χ0n) is 11.9. The molecule has 4 heteroatoms. The van der Waals surface area contributed by atoms with Gasteiger partial charge < -0.3 is 4.90 Å². The van der Waals surface area contributed by atoms with Gasteiger partial charge in [-0.1, -0.05) is 19.8 Å². The highest BCUT2D eigenvalue weighted by molar-refractivity contribution is 5.94. The summed E-state index contributed by atoms with van der Waals surface area (Å²) in [6.45, 7) is 3.13. The number of carbonyl (C=O) groups is 1. The van der Waals surface area contributed by atoms with Crippen LogP contribution in [0.2, 0.25) is 0 Å². The first-order valence-electron chi connectivity index (χ1n) is 7.59. The first-order chi connectivity index (χ1) is 9.66. The third kappa shape index (κ3) is 2.43. The van der Waals surface area contributed by atoms with Gasteiger partial charge in [-0.3, -0.25) is 4.79 Å². The molecule has 3 unspecified atom stereocenters. The maximum Gasteiger partial charge on any atom is 0.255 e. The van der Waals surface area contributed by atoms with Gasteiger partial charge in [0.15, 0.2) is 0 Å². The molecule has 0 aromatic carbocycles. The summed E-state index contributed by atoms with van der Waals surface area (Å²) in [5.74, 6) is 0.816. The predicted octanol–water partition coefficient (Wildman–Crippen LogP) is 3.26. The van der Waals surface area contributed by atoms with Gasteiger partial charge in [-0.05, 0) is 43.2 Å². The van der Waals surface area contributed by atoms with Crippen molar-refractivity contribution in [3.05, 3.63) is 29.8 Å². The van der Waals surface area contributed by atoms with Crippen LogP contribution in [-0.4, -0.2) is 28.4 Å². The number of hydrogen-bond donors (Lipinski definition) is 0. The molecule has 1 saturated carbocycles. The SMILES string of the molecule is CC1CCN(C(=O)c2ccc(F)nc2)C2CCCCC12. The fourth-order valence-corrected chi connectivity index (χ4v) is 3.83. The third-order valence-electron chi connectivity index (χ3n) is 4.97. The Balaban J connectivity index is 1.81. The first-order valence-corrected chi connectivity index (χ1v) is 7.59. The molecule has 1 aromatic rings. The molecule has 2 aliphatic rings. The van der Waals surface area contributed by atoms with Crippen molar-refractivity contribution >= 4 is 5.91 Å². The highest BCUT2D eigenvalue weighted by Gasteiger charge is 2.39. The van der Waals surface area contributed by atoms with Gasteiger partial charge in [0.2, 0.25) is 5.95 Å². The molecule has 2 fully saturated rings. The number of nitrogens with zero attached hydrogens (tertiary/aromatic N) is 2. The molecule has 0 spiro atoms. The van der Waals surface area contributed by atoms with E-state index in [1.54, 1.807) is 6.07 Å². The van der Waals surface area contributed by atoms with Gasteiger partial charge in [-0.25, -0.2) is 4.98 Å². The molecule has 1 aliphatic heterocycles. The van der Waals surface area contributed by atoms with Gasteiger partial charge in [0.05, 0.1) is 5.56 Å². The highest BCUT2D eigenvalue weighted by atomic mass is 19.1. The molecule has 3 rings (SSSR count). The van der Waals surface area contributed by atoms with E-state index >= 15 is 0 Å². The number of pyridine rings is 1. The largest absolute Gasteiger partial charge is 0.335 e. The molecule has 20 heavy (non-hydrogen) atoms. The van der Waals surface area contributed by atoms with Crippen LogP contribution in [0.25, 0.3) is 0 Å². The van der Waals surface area contributed by atoms with E-state index in [1.807, 2.05) is 4.90 Å². The Hall–Kier alpha value is -1.45. The molecular formula is C16H21FN2O. The molecule has 3 atom stereocenters. The Labute approximate surface area is 119 Å². The lowest BCUT2D eigenvalue weighted by atomic mass is 9.72. The number of carbonyl (C=O) groups excluding carboxylic acids is 1. The number of likely N-dealkylation sites (tertiary alicyclic amines) is 1. The van der Waals surface area contributed by atoms with Gasteiger partial charge in [-0.2, -0.15) is 4.39 Å². The second-order valence-corrected chi connectivity index (χ2v) is 6.15. The van der Waals surface area contributed by atoms with Crippen LogP contribution in [0.1, 0.15) is 49.4 Å². The predicted molar refractivity (Wildman–Crippen MR) is 74.8 cm³/mol. The van der Waals surface area contributed by atoms with E-state index in [2.05, 4.69) is 11.9 Å². The minimum atomic E-state index is -0.538. The summed E-state index contributed by atoms with van der Waals surface area (Å²) in [4.78, 5) is 18.2. The molecule has 0 radical (unpaired) electrons. The summed E-state index contributed by atoms with van der Waals surface area (Å²) < 4.78 is 12.9. The lowest BCUT2D eigenvalue weighted by molar-refractivity contribution is 0.0217. The average molecular weight is 276 g/mol. The normalized spacial score (nSPS) is 29.9. The first kappa shape index (κ1) is 13.5. The maximum absolute atomic E-state index is 12.9. The topological polar surface area (TPSA) is 33.2 Å². The molecule has 108 valence electrons. The van der Waals surface area contributed by atoms with E-state index in [0.29, 0.717) is 23.4 Å². The summed E-state index contributed by atoms with van der Waals surface area (Å²) in [5, 5.41) is 0. The van der Waals surface area contributed by atoms with Crippen LogP contribution >= 0.6 is 0 Å². The van der Waals surface area contributed by atoms with Crippen molar-refractivity contribution < 1.29 is 9.18 Å². The molecule has 0 bridgehead atoms. The lowest BCUT2D eigenvalue weighted by Crippen LogP contribution is -2.52. The lowest BCUT2D eigenvalue weighted by Gasteiger charge is -2.47. The van der Waals surface area contributed by atoms with E-state index in [1.165, 1.54) is 31.5 Å². The van der Waals surface area contributed by atoms with Crippen molar-refractivity contribution in [2.45, 2.75) is 45.1 Å². The van der Waals surface area contributed by atoms with E-state index < -0.39 is 5.95 Å². The Bertz CT molecular complexity index is 488. The van der Waals surface area contributed by atoms with Crippen LogP contribution in [0, 0.1) is 17.8 Å². The molecule has 1 aromatic heterocycles. The molecule has 1 saturated heterocycles. The number of hydrogen-bond acceptors (Lipinski definition) is 2. The van der Waals surface area contributed by atoms with E-state index in [4.69, 9.17) is 0 Å². The van der Waals surface area contributed by atoms with Crippen LogP contribution in [0.3, 0.4) is 0 Å². The van der Waals surface area contributed by atoms with Crippen molar-refractivity contribution in [3.63, 3.8) is 0 Å². The second-order valence-electron chi connectivity index (χ2n) is 6.15. The Morgan fingerprint density at radius 3 is 2.85 bits per heavy atom. The minimum absolute atomic E-state index is 0.0151. The van der Waals surface area contributed by atoms with E-state index in [9.17, 15) is 9.18 Å². The quantitative estimate of drug-likeness (QED) is 0.738. The standard InChI is InChI=1S/C16H21FN2O/c1-11-8-9-19(14-5-3-2-4-13(11)14)16(20)12-6-7-15(17)18-10-12/h6-7,10-11,13-14H,2-5,8-9H2,1H3. The Kier molecular flexibility index (Phi) is 3.72. The van der Waals surface area contributed by atoms with Crippen LogP contribution < -0.4 is 0 Å². The number of piperidine rings is 1. The maximum atomic E-state index is 12.9. The van der Waals surface area contributed by atoms with Crippen molar-refractivity contribution in [3.8, 4) is 0 Å². The van der Waals surface area contributed by atoms with Crippen molar-refractivity contribution in [1.82, 2.24) is 9.88 Å². The van der Waals surface area contributed by atoms with Crippen molar-refractivity contribution in [1.29, 1.82) is 0 Å². The molecule has 2 heterocycles. The zero-order chi connectivity index (χ0) is 14.1. The fraction of sp³-hybridized carbons (Fsp3) is 0.625. The number of aromatic nitrogens is 1. The molecular weight excluding hydrogens is 255 g/mol. The van der Waals surface area contributed by atoms with Gasteiger partial charge in [0, 0.05) is 18.8 Å². The average Bonchev–Trinajstić information content (AvgIpc) is 2.48. The number of amides is 1. The van der Waals surface area contributed by atoms with Gasteiger partial charge in [-0.15, -0.1) is 0 Å². The fourth-order valence-electron chi connectivity index (χ4n) is 3.83. The van der Waals surface area contributed by atoms with Gasteiger partial charge in [0.1, 0.15) is 0 Å².